The van der Waals surface area contributed by atoms with Gasteiger partial charge in [0, 0.05) is 27.7 Å². The third kappa shape index (κ3) is 4.82. The van der Waals surface area contributed by atoms with Crippen molar-refractivity contribution < 1.29 is 14.3 Å². The van der Waals surface area contributed by atoms with E-state index in [-0.39, 0.29) is 11.8 Å². The molecule has 3 rings (SSSR count). The number of halogens is 1. The lowest BCUT2D eigenvalue weighted by Gasteiger charge is -2.12. The largest absolute Gasteiger partial charge is 0.497 e. The maximum Gasteiger partial charge on any atom is 0.257 e. The van der Waals surface area contributed by atoms with Crippen LogP contribution in [0.15, 0.2) is 67.0 Å². The first-order valence-corrected chi connectivity index (χ1v) is 9.11. The van der Waals surface area contributed by atoms with Gasteiger partial charge in [-0.25, -0.2) is 0 Å². The molecule has 1 aromatic heterocycles. The molecule has 136 valence electrons. The summed E-state index contributed by atoms with van der Waals surface area (Å²) in [6.45, 7) is 0. The van der Waals surface area contributed by atoms with Gasteiger partial charge in [-0.05, 0) is 65.1 Å². The lowest BCUT2D eigenvalue weighted by Crippen LogP contribution is -2.18. The van der Waals surface area contributed by atoms with Crippen LogP contribution in [0.25, 0.3) is 0 Å². The molecule has 0 aliphatic rings. The van der Waals surface area contributed by atoms with Crippen LogP contribution in [-0.2, 0) is 0 Å². The third-order valence-corrected chi connectivity index (χ3v) is 4.40. The van der Waals surface area contributed by atoms with Crippen molar-refractivity contribution in [3.63, 3.8) is 0 Å². The van der Waals surface area contributed by atoms with E-state index in [9.17, 15) is 9.59 Å². The van der Waals surface area contributed by atoms with Crippen LogP contribution < -0.4 is 15.4 Å². The van der Waals surface area contributed by atoms with Crippen LogP contribution in [0.5, 0.6) is 5.75 Å². The van der Waals surface area contributed by atoms with Gasteiger partial charge < -0.3 is 15.4 Å². The van der Waals surface area contributed by atoms with Gasteiger partial charge in [0.15, 0.2) is 0 Å². The molecule has 0 aliphatic heterocycles. The zero-order chi connectivity index (χ0) is 19.2. The average Bonchev–Trinajstić information content (AvgIpc) is 2.70. The normalized spacial score (nSPS) is 10.1. The van der Waals surface area contributed by atoms with E-state index >= 15 is 0 Å². The van der Waals surface area contributed by atoms with E-state index in [1.54, 1.807) is 61.8 Å². The quantitative estimate of drug-likeness (QED) is 0.545. The van der Waals surface area contributed by atoms with Gasteiger partial charge in [-0.3, -0.25) is 14.6 Å². The number of rotatable bonds is 5. The molecule has 7 heteroatoms. The number of hydrogen-bond acceptors (Lipinski definition) is 4. The fourth-order valence-electron chi connectivity index (χ4n) is 2.40. The summed E-state index contributed by atoms with van der Waals surface area (Å²) in [5.74, 6) is -0.0245. The molecular weight excluding hydrogens is 457 g/mol. The lowest BCUT2D eigenvalue weighted by atomic mass is 10.1. The molecule has 0 aliphatic carbocycles. The van der Waals surface area contributed by atoms with E-state index in [4.69, 9.17) is 4.74 Å². The molecule has 1 heterocycles. The van der Waals surface area contributed by atoms with Gasteiger partial charge in [-0.15, -0.1) is 0 Å². The number of carbonyl (C=O) groups is 2. The molecule has 2 N–H and O–H groups in total. The molecule has 0 saturated carbocycles. The Kier molecular flexibility index (Phi) is 6.02. The number of pyridine rings is 1. The first-order chi connectivity index (χ1) is 13.1. The summed E-state index contributed by atoms with van der Waals surface area (Å²) >= 11 is 2.12. The predicted octanol–water partition coefficient (Wildman–Crippen LogP) is 4.20. The summed E-state index contributed by atoms with van der Waals surface area (Å²) in [6, 6.07) is 15.6. The van der Waals surface area contributed by atoms with Gasteiger partial charge in [-0.2, -0.15) is 0 Å². The third-order valence-electron chi connectivity index (χ3n) is 3.73. The van der Waals surface area contributed by atoms with Crippen molar-refractivity contribution in [2.45, 2.75) is 0 Å². The molecule has 2 amide bonds. The van der Waals surface area contributed by atoms with Gasteiger partial charge >= 0.3 is 0 Å². The Labute approximate surface area is 170 Å². The molecule has 0 radical (unpaired) electrons. The Morgan fingerprint density at radius 3 is 2.59 bits per heavy atom. The van der Waals surface area contributed by atoms with Crippen LogP contribution in [0.3, 0.4) is 0 Å². The van der Waals surface area contributed by atoms with Gasteiger partial charge in [0.1, 0.15) is 5.75 Å². The number of ether oxygens (including phenoxy) is 1. The second-order valence-electron chi connectivity index (χ2n) is 5.57. The van der Waals surface area contributed by atoms with E-state index in [2.05, 4.69) is 38.2 Å². The van der Waals surface area contributed by atoms with Crippen LogP contribution in [0.1, 0.15) is 20.7 Å². The topological polar surface area (TPSA) is 80.3 Å². The number of nitrogens with one attached hydrogen (secondary N) is 2. The molecule has 6 nitrogen and oxygen atoms in total. The molecule has 0 fully saturated rings. The second-order valence-corrected chi connectivity index (χ2v) is 6.82. The summed E-state index contributed by atoms with van der Waals surface area (Å²) in [6.07, 6.45) is 3.06. The van der Waals surface area contributed by atoms with Crippen LogP contribution in [0, 0.1) is 3.57 Å². The van der Waals surface area contributed by atoms with E-state index in [0.717, 1.165) is 3.57 Å². The van der Waals surface area contributed by atoms with Crippen molar-refractivity contribution in [3.05, 3.63) is 81.7 Å². The number of hydrogen-bond donors (Lipinski definition) is 2. The highest BCUT2D eigenvalue weighted by Gasteiger charge is 2.15. The van der Waals surface area contributed by atoms with E-state index < -0.39 is 0 Å². The standard InChI is InChI=1S/C20H16IN3O3/c1-27-16-6-2-5-15(11-16)23-20(26)17-10-14(21)7-8-18(17)24-19(25)13-4-3-9-22-12-13/h2-12H,1H3,(H,23,26)(H,24,25). The van der Waals surface area contributed by atoms with Gasteiger partial charge in [0.05, 0.1) is 23.9 Å². The van der Waals surface area contributed by atoms with Crippen molar-refractivity contribution in [2.24, 2.45) is 0 Å². The van der Waals surface area contributed by atoms with Gasteiger partial charge in [0.25, 0.3) is 11.8 Å². The predicted molar refractivity (Wildman–Crippen MR) is 112 cm³/mol. The number of amides is 2. The minimum absolute atomic E-state index is 0.330. The summed E-state index contributed by atoms with van der Waals surface area (Å²) < 4.78 is 6.05. The van der Waals surface area contributed by atoms with Crippen LogP contribution in [-0.4, -0.2) is 23.9 Å². The Hall–Kier alpha value is -2.94. The van der Waals surface area contributed by atoms with Crippen LogP contribution in [0.2, 0.25) is 0 Å². The molecule has 0 unspecified atom stereocenters. The van der Waals surface area contributed by atoms with E-state index in [1.165, 1.54) is 6.20 Å². The molecule has 0 bridgehead atoms. The van der Waals surface area contributed by atoms with Crippen molar-refractivity contribution in [1.82, 2.24) is 4.98 Å². The zero-order valence-electron chi connectivity index (χ0n) is 14.4. The van der Waals surface area contributed by atoms with Gasteiger partial charge in [-0.1, -0.05) is 6.07 Å². The average molecular weight is 473 g/mol. The number of carbonyl (C=O) groups excluding carboxylic acids is 2. The van der Waals surface area contributed by atoms with Crippen molar-refractivity contribution in [1.29, 1.82) is 0 Å². The summed E-state index contributed by atoms with van der Waals surface area (Å²) in [7, 11) is 1.56. The van der Waals surface area contributed by atoms with Crippen molar-refractivity contribution in [2.75, 3.05) is 17.7 Å². The van der Waals surface area contributed by atoms with Crippen LogP contribution in [0.4, 0.5) is 11.4 Å². The summed E-state index contributed by atoms with van der Waals surface area (Å²) in [5.41, 5.74) is 1.80. The zero-order valence-corrected chi connectivity index (χ0v) is 16.6. The Bertz CT molecular complexity index is 977. The number of anilines is 2. The molecule has 0 saturated heterocycles. The first kappa shape index (κ1) is 18.8. The Balaban J connectivity index is 1.85. The van der Waals surface area contributed by atoms with Gasteiger partial charge in [0.2, 0.25) is 0 Å². The van der Waals surface area contributed by atoms with Crippen molar-refractivity contribution in [3.8, 4) is 5.75 Å². The highest BCUT2D eigenvalue weighted by Crippen LogP contribution is 2.23. The lowest BCUT2D eigenvalue weighted by molar-refractivity contribution is 0.102. The molecule has 3 aromatic rings. The van der Waals surface area contributed by atoms with E-state index in [1.807, 2.05) is 6.07 Å². The summed E-state index contributed by atoms with van der Waals surface area (Å²) in [4.78, 5) is 29.1. The monoisotopic (exact) mass is 473 g/mol. The fourth-order valence-corrected chi connectivity index (χ4v) is 2.90. The maximum absolute atomic E-state index is 12.8. The molecule has 27 heavy (non-hydrogen) atoms. The number of benzene rings is 2. The highest BCUT2D eigenvalue weighted by atomic mass is 127. The number of nitrogens with zero attached hydrogens (tertiary/aromatic N) is 1. The highest BCUT2D eigenvalue weighted by molar-refractivity contribution is 14.1. The smallest absolute Gasteiger partial charge is 0.257 e. The molecule has 2 aromatic carbocycles. The Morgan fingerprint density at radius 2 is 1.85 bits per heavy atom. The minimum atomic E-state index is -0.334. The second kappa shape index (κ2) is 8.63. The molecule has 0 atom stereocenters. The SMILES string of the molecule is COc1cccc(NC(=O)c2cc(I)ccc2NC(=O)c2cccnc2)c1. The molecular formula is C20H16IN3O3. The van der Waals surface area contributed by atoms with Crippen LogP contribution >= 0.6 is 22.6 Å². The van der Waals surface area contributed by atoms with Crippen molar-refractivity contribution >= 4 is 45.8 Å². The molecule has 0 spiro atoms. The summed E-state index contributed by atoms with van der Waals surface area (Å²) in [5, 5.41) is 5.60. The number of methoxy groups -OCH3 is 1. The Morgan fingerprint density at radius 1 is 1.00 bits per heavy atom. The van der Waals surface area contributed by atoms with E-state index in [0.29, 0.717) is 28.3 Å². The maximum atomic E-state index is 12.8. The fraction of sp³-hybridized carbons (Fsp3) is 0.0500. The number of aromatic nitrogens is 1. The minimum Gasteiger partial charge on any atom is -0.497 e. The first-order valence-electron chi connectivity index (χ1n) is 8.03.